The summed E-state index contributed by atoms with van der Waals surface area (Å²) >= 11 is 0. The van der Waals surface area contributed by atoms with Gasteiger partial charge in [0.2, 0.25) is 11.8 Å². The number of amides is 2. The van der Waals surface area contributed by atoms with Gasteiger partial charge in [-0.25, -0.2) is 0 Å². The summed E-state index contributed by atoms with van der Waals surface area (Å²) in [5, 5.41) is 16.3. The van der Waals surface area contributed by atoms with Crippen molar-refractivity contribution in [3.8, 4) is 0 Å². The molecular formula is C36H48N4O3. The minimum atomic E-state index is -1.23. The van der Waals surface area contributed by atoms with E-state index in [0.717, 1.165) is 46.9 Å². The number of nitrogens with one attached hydrogen (secondary N) is 2. The Morgan fingerprint density at radius 2 is 1.79 bits per heavy atom. The number of benzene rings is 2. The number of hydrogen-bond donors (Lipinski definition) is 4. The van der Waals surface area contributed by atoms with Gasteiger partial charge in [-0.1, -0.05) is 68.8 Å². The first kappa shape index (κ1) is 32.2. The summed E-state index contributed by atoms with van der Waals surface area (Å²) in [7, 11) is 0. The van der Waals surface area contributed by atoms with Crippen LogP contribution in [-0.4, -0.2) is 52.5 Å². The first-order valence-corrected chi connectivity index (χ1v) is 15.7. The summed E-state index contributed by atoms with van der Waals surface area (Å²) in [4.78, 5) is 32.5. The van der Waals surface area contributed by atoms with Gasteiger partial charge in [0.1, 0.15) is 0 Å². The third-order valence-electron chi connectivity index (χ3n) is 8.66. The molecule has 1 unspecified atom stereocenters. The van der Waals surface area contributed by atoms with E-state index in [1.807, 2.05) is 48.4 Å². The van der Waals surface area contributed by atoms with Crippen LogP contribution < -0.4 is 11.1 Å². The number of allylic oxidation sites excluding steroid dienone is 2. The highest BCUT2D eigenvalue weighted by atomic mass is 16.3. The number of carbonyl (C=O) groups is 2. The number of rotatable bonds is 15. The van der Waals surface area contributed by atoms with Gasteiger partial charge in [-0.05, 0) is 79.3 Å². The molecule has 0 spiro atoms. The fraction of sp³-hybridized carbons (Fsp3) is 0.444. The second-order valence-electron chi connectivity index (χ2n) is 12.0. The zero-order valence-corrected chi connectivity index (χ0v) is 26.2. The minimum Gasteiger partial charge on any atom is -0.391 e. The van der Waals surface area contributed by atoms with Gasteiger partial charge >= 0.3 is 0 Å². The van der Waals surface area contributed by atoms with Crippen LogP contribution in [0.5, 0.6) is 0 Å². The van der Waals surface area contributed by atoms with Crippen LogP contribution >= 0.6 is 0 Å². The van der Waals surface area contributed by atoms with Crippen LogP contribution in [0, 0.1) is 11.3 Å². The number of aromatic amines is 1. The maximum atomic E-state index is 13.8. The topological polar surface area (TPSA) is 111 Å². The van der Waals surface area contributed by atoms with E-state index >= 15 is 0 Å². The Morgan fingerprint density at radius 3 is 2.49 bits per heavy atom. The molecule has 5 N–H and O–H groups in total. The molecular weight excluding hydrogens is 536 g/mol. The van der Waals surface area contributed by atoms with Crippen LogP contribution in [0.15, 0.2) is 78.0 Å². The van der Waals surface area contributed by atoms with Crippen LogP contribution in [0.3, 0.4) is 0 Å². The molecule has 4 rings (SSSR count). The van der Waals surface area contributed by atoms with Crippen molar-refractivity contribution in [3.63, 3.8) is 0 Å². The molecule has 0 saturated carbocycles. The average Bonchev–Trinajstić information content (AvgIpc) is 3.47. The standard InChI is InChI=1S/C36H48N4O3/c1-5-15-40(16-6-2)34(42)30-17-25(4)21-36(22-30,35(37)43)31(20-27-11-12-32-29(19-27)13-14-39-32)33(41)24-38-23-28-10-8-9-26(7-3)18-28/h8-14,17-19,21,31,33,38-39,41H,5-7,15-16,20,22-24H2,1-4H3,(H2,37,43)/t31-,33+,36?/m1/s1. The van der Waals surface area contributed by atoms with Gasteiger partial charge in [0.25, 0.3) is 0 Å². The number of nitrogens with two attached hydrogens (primary N) is 1. The molecule has 2 aromatic carbocycles. The number of nitrogens with zero attached hydrogens (tertiary/aromatic N) is 1. The molecule has 1 aliphatic rings. The van der Waals surface area contributed by atoms with Crippen molar-refractivity contribution < 1.29 is 14.7 Å². The summed E-state index contributed by atoms with van der Waals surface area (Å²) in [6, 6.07) is 16.6. The Morgan fingerprint density at radius 1 is 1.05 bits per heavy atom. The number of aryl methyl sites for hydroxylation is 1. The van der Waals surface area contributed by atoms with Crippen molar-refractivity contribution in [1.82, 2.24) is 15.2 Å². The highest BCUT2D eigenvalue weighted by molar-refractivity contribution is 5.97. The maximum absolute atomic E-state index is 13.8. The molecule has 7 nitrogen and oxygen atoms in total. The molecule has 1 heterocycles. The van der Waals surface area contributed by atoms with Crippen LogP contribution in [0.1, 0.15) is 63.6 Å². The molecule has 43 heavy (non-hydrogen) atoms. The number of fused-ring (bicyclic) bond motifs is 1. The van der Waals surface area contributed by atoms with Gasteiger partial charge in [0.15, 0.2) is 0 Å². The van der Waals surface area contributed by atoms with E-state index in [0.29, 0.717) is 31.6 Å². The van der Waals surface area contributed by atoms with Crippen LogP contribution in [0.4, 0.5) is 0 Å². The lowest BCUT2D eigenvalue weighted by atomic mass is 9.63. The summed E-state index contributed by atoms with van der Waals surface area (Å²) < 4.78 is 0. The first-order chi connectivity index (χ1) is 20.7. The average molecular weight is 585 g/mol. The predicted molar refractivity (Wildman–Crippen MR) is 174 cm³/mol. The lowest BCUT2D eigenvalue weighted by Crippen LogP contribution is -2.51. The molecule has 3 aromatic rings. The maximum Gasteiger partial charge on any atom is 0.249 e. The predicted octanol–water partition coefficient (Wildman–Crippen LogP) is 5.44. The van der Waals surface area contributed by atoms with Gasteiger partial charge in [-0.15, -0.1) is 0 Å². The Kier molecular flexibility index (Phi) is 11.0. The highest BCUT2D eigenvalue weighted by Gasteiger charge is 2.48. The summed E-state index contributed by atoms with van der Waals surface area (Å²) in [6.07, 6.45) is 8.03. The van der Waals surface area contributed by atoms with Gasteiger partial charge < -0.3 is 26.0 Å². The number of aliphatic hydroxyl groups excluding tert-OH is 1. The lowest BCUT2D eigenvalue weighted by molar-refractivity contribution is -0.132. The number of hydrogen-bond acceptors (Lipinski definition) is 4. The smallest absolute Gasteiger partial charge is 0.249 e. The fourth-order valence-corrected chi connectivity index (χ4v) is 6.53. The van der Waals surface area contributed by atoms with E-state index in [1.165, 1.54) is 5.56 Å². The van der Waals surface area contributed by atoms with E-state index < -0.39 is 23.3 Å². The number of carbonyl (C=O) groups excluding carboxylic acids is 2. The molecule has 1 aliphatic carbocycles. The zero-order valence-electron chi connectivity index (χ0n) is 26.2. The summed E-state index contributed by atoms with van der Waals surface area (Å²) in [5.41, 5.74) is 10.8. The van der Waals surface area contributed by atoms with Crippen molar-refractivity contribution in [2.75, 3.05) is 19.6 Å². The molecule has 7 heteroatoms. The van der Waals surface area contributed by atoms with Crippen molar-refractivity contribution >= 4 is 22.7 Å². The molecule has 0 aliphatic heterocycles. The third kappa shape index (κ3) is 7.64. The Balaban J connectivity index is 1.67. The number of aromatic nitrogens is 1. The molecule has 2 amide bonds. The van der Waals surface area contributed by atoms with Crippen LogP contribution in [-0.2, 0) is 29.0 Å². The lowest BCUT2D eigenvalue weighted by Gasteiger charge is -2.42. The third-order valence-corrected chi connectivity index (χ3v) is 8.66. The van der Waals surface area contributed by atoms with Gasteiger partial charge in [0, 0.05) is 49.4 Å². The zero-order chi connectivity index (χ0) is 31.0. The Labute approximate surface area is 256 Å². The molecule has 0 bridgehead atoms. The molecule has 3 atom stereocenters. The second kappa shape index (κ2) is 14.7. The minimum absolute atomic E-state index is 0.0577. The first-order valence-electron chi connectivity index (χ1n) is 15.7. The van der Waals surface area contributed by atoms with E-state index in [9.17, 15) is 14.7 Å². The SMILES string of the molecule is CCCN(CCC)C(=O)C1=CC(C)=CC(C(N)=O)([C@H](Cc2ccc3[nH]ccc3c2)[C@@H](O)CNCc2cccc(CC)c2)C1. The monoisotopic (exact) mass is 584 g/mol. The van der Waals surface area contributed by atoms with E-state index in [1.54, 1.807) is 0 Å². The van der Waals surface area contributed by atoms with Crippen molar-refractivity contribution in [2.45, 2.75) is 72.4 Å². The van der Waals surface area contributed by atoms with Gasteiger partial charge in [0.05, 0.1) is 11.5 Å². The van der Waals surface area contributed by atoms with E-state index in [2.05, 4.69) is 61.4 Å². The quantitative estimate of drug-likeness (QED) is 0.191. The van der Waals surface area contributed by atoms with E-state index in [-0.39, 0.29) is 18.9 Å². The Hall–Kier alpha value is -3.68. The second-order valence-corrected chi connectivity index (χ2v) is 12.0. The molecule has 1 aromatic heterocycles. The molecule has 230 valence electrons. The summed E-state index contributed by atoms with van der Waals surface area (Å²) in [5.74, 6) is -1.14. The molecule has 0 fully saturated rings. The number of aliphatic hydroxyl groups is 1. The largest absolute Gasteiger partial charge is 0.391 e. The van der Waals surface area contributed by atoms with E-state index in [4.69, 9.17) is 5.73 Å². The normalized spacial score (nSPS) is 18.2. The van der Waals surface area contributed by atoms with Gasteiger partial charge in [-0.2, -0.15) is 0 Å². The van der Waals surface area contributed by atoms with Crippen molar-refractivity contribution in [2.24, 2.45) is 17.1 Å². The fourth-order valence-electron chi connectivity index (χ4n) is 6.53. The van der Waals surface area contributed by atoms with Crippen molar-refractivity contribution in [1.29, 1.82) is 0 Å². The molecule has 0 radical (unpaired) electrons. The van der Waals surface area contributed by atoms with Crippen LogP contribution in [0.25, 0.3) is 10.9 Å². The molecule has 0 saturated heterocycles. The Bertz CT molecular complexity index is 1470. The van der Waals surface area contributed by atoms with Gasteiger partial charge in [-0.3, -0.25) is 9.59 Å². The summed E-state index contributed by atoms with van der Waals surface area (Å²) in [6.45, 7) is 10.3. The van der Waals surface area contributed by atoms with Crippen LogP contribution in [0.2, 0.25) is 0 Å². The number of primary amides is 1. The van der Waals surface area contributed by atoms with Crippen molar-refractivity contribution in [3.05, 3.63) is 94.7 Å². The highest BCUT2D eigenvalue weighted by Crippen LogP contribution is 2.44. The number of H-pyrrole nitrogens is 1.